The Morgan fingerprint density at radius 1 is 1.36 bits per heavy atom. The van der Waals surface area contributed by atoms with Gasteiger partial charge in [0.25, 0.3) is 0 Å². The lowest BCUT2D eigenvalue weighted by Gasteiger charge is -2.05. The summed E-state index contributed by atoms with van der Waals surface area (Å²) in [5.74, 6) is 0.783. The normalized spacial score (nSPS) is 10.1. The Morgan fingerprint density at radius 2 is 2.21 bits per heavy atom. The minimum Gasteiger partial charge on any atom is -0.495 e. The molecule has 2 rings (SSSR count). The molecule has 0 saturated carbocycles. The number of nitrogens with one attached hydrogen (secondary N) is 1. The first-order chi connectivity index (χ1) is 6.85. The van der Waals surface area contributed by atoms with Crippen molar-refractivity contribution in [2.24, 2.45) is 0 Å². The summed E-state index contributed by atoms with van der Waals surface area (Å²) >= 11 is 0. The molecule has 3 nitrogen and oxygen atoms in total. The molecule has 0 spiro atoms. The number of aromatic nitrogens is 1. The van der Waals surface area contributed by atoms with E-state index in [4.69, 9.17) is 4.74 Å². The van der Waals surface area contributed by atoms with E-state index >= 15 is 0 Å². The van der Waals surface area contributed by atoms with Crippen LogP contribution in [0.5, 0.6) is 5.75 Å². The van der Waals surface area contributed by atoms with Gasteiger partial charge in [-0.2, -0.15) is 0 Å². The minimum absolute atomic E-state index is 0.783. The zero-order valence-electron chi connectivity index (χ0n) is 8.24. The molecule has 0 amide bonds. The smallest absolute Gasteiger partial charge is 0.137 e. The second-order valence-electron chi connectivity index (χ2n) is 3.00. The number of nitrogens with zero attached hydrogens (tertiary/aromatic N) is 1. The number of rotatable bonds is 2. The van der Waals surface area contributed by atoms with Crippen LogP contribution in [-0.4, -0.2) is 19.1 Å². The molecule has 0 saturated heterocycles. The van der Waals surface area contributed by atoms with Crippen LogP contribution >= 0.6 is 0 Å². The molecule has 1 aromatic heterocycles. The number of hydrogen-bond acceptors (Lipinski definition) is 3. The molecule has 2 aromatic rings. The molecule has 72 valence electrons. The van der Waals surface area contributed by atoms with Crippen molar-refractivity contribution in [2.75, 3.05) is 19.5 Å². The van der Waals surface area contributed by atoms with E-state index < -0.39 is 0 Å². The van der Waals surface area contributed by atoms with Crippen molar-refractivity contribution in [3.05, 3.63) is 30.5 Å². The molecule has 3 heteroatoms. The van der Waals surface area contributed by atoms with Crippen LogP contribution in [0.15, 0.2) is 30.5 Å². The summed E-state index contributed by atoms with van der Waals surface area (Å²) in [6.45, 7) is 0. The van der Waals surface area contributed by atoms with Crippen molar-refractivity contribution >= 4 is 16.6 Å². The molecule has 0 aliphatic rings. The number of fused-ring (bicyclic) bond motifs is 1. The minimum atomic E-state index is 0.783. The molecule has 0 aliphatic carbocycles. The number of anilines is 1. The van der Waals surface area contributed by atoms with Gasteiger partial charge in [0.1, 0.15) is 5.75 Å². The molecule has 1 heterocycles. The van der Waals surface area contributed by atoms with E-state index in [1.807, 2.05) is 31.3 Å². The Balaban J connectivity index is 2.67. The Bertz CT molecular complexity index is 454. The molecule has 1 N–H and O–H groups in total. The first kappa shape index (κ1) is 8.81. The summed E-state index contributed by atoms with van der Waals surface area (Å²) in [6.07, 6.45) is 1.73. The van der Waals surface area contributed by atoms with E-state index in [1.54, 1.807) is 13.3 Å². The third kappa shape index (κ3) is 1.37. The van der Waals surface area contributed by atoms with Crippen LogP contribution in [0, 0.1) is 0 Å². The van der Waals surface area contributed by atoms with Gasteiger partial charge >= 0.3 is 0 Å². The van der Waals surface area contributed by atoms with E-state index in [0.717, 1.165) is 22.3 Å². The number of hydrogen-bond donors (Lipinski definition) is 1. The van der Waals surface area contributed by atoms with Crippen molar-refractivity contribution in [2.45, 2.75) is 0 Å². The van der Waals surface area contributed by atoms with Gasteiger partial charge in [-0.3, -0.25) is 4.98 Å². The van der Waals surface area contributed by atoms with Gasteiger partial charge in [-0.15, -0.1) is 0 Å². The Kier molecular flexibility index (Phi) is 2.23. The highest BCUT2D eigenvalue weighted by Crippen LogP contribution is 2.23. The zero-order chi connectivity index (χ0) is 9.97. The topological polar surface area (TPSA) is 34.1 Å². The zero-order valence-corrected chi connectivity index (χ0v) is 8.24. The largest absolute Gasteiger partial charge is 0.495 e. The Hall–Kier alpha value is -1.77. The van der Waals surface area contributed by atoms with Crippen LogP contribution in [-0.2, 0) is 0 Å². The van der Waals surface area contributed by atoms with E-state index in [0.29, 0.717) is 0 Å². The third-order valence-electron chi connectivity index (χ3n) is 2.19. The van der Waals surface area contributed by atoms with Crippen molar-refractivity contribution in [3.63, 3.8) is 0 Å². The highest BCUT2D eigenvalue weighted by molar-refractivity contribution is 5.90. The number of pyridine rings is 1. The van der Waals surface area contributed by atoms with Gasteiger partial charge in [-0.1, -0.05) is 12.1 Å². The van der Waals surface area contributed by atoms with Crippen molar-refractivity contribution in [3.8, 4) is 5.75 Å². The maximum absolute atomic E-state index is 5.11. The molecular weight excluding hydrogens is 176 g/mol. The monoisotopic (exact) mass is 188 g/mol. The third-order valence-corrected chi connectivity index (χ3v) is 2.19. The average molecular weight is 188 g/mol. The highest BCUT2D eigenvalue weighted by Gasteiger charge is 2.01. The van der Waals surface area contributed by atoms with Crippen molar-refractivity contribution in [1.82, 2.24) is 4.98 Å². The van der Waals surface area contributed by atoms with Gasteiger partial charge in [-0.25, -0.2) is 0 Å². The van der Waals surface area contributed by atoms with E-state index in [2.05, 4.69) is 10.3 Å². The molecule has 1 aromatic carbocycles. The molecule has 0 fully saturated rings. The van der Waals surface area contributed by atoms with Crippen molar-refractivity contribution in [1.29, 1.82) is 0 Å². The number of methoxy groups -OCH3 is 1. The van der Waals surface area contributed by atoms with Gasteiger partial charge in [-0.05, 0) is 12.1 Å². The number of ether oxygens (including phenoxy) is 1. The summed E-state index contributed by atoms with van der Waals surface area (Å²) in [5.41, 5.74) is 2.00. The van der Waals surface area contributed by atoms with Crippen LogP contribution in [0.1, 0.15) is 0 Å². The number of para-hydroxylation sites is 1. The van der Waals surface area contributed by atoms with Crippen molar-refractivity contribution < 1.29 is 4.74 Å². The highest BCUT2D eigenvalue weighted by atomic mass is 16.5. The molecule has 0 radical (unpaired) electrons. The molecule has 0 aliphatic heterocycles. The fraction of sp³-hybridized carbons (Fsp3) is 0.182. The first-order valence-electron chi connectivity index (χ1n) is 4.45. The lowest BCUT2D eigenvalue weighted by Crippen LogP contribution is -1.92. The molecule has 0 atom stereocenters. The predicted molar refractivity (Wildman–Crippen MR) is 57.8 cm³/mol. The summed E-state index contributed by atoms with van der Waals surface area (Å²) in [7, 11) is 3.53. The quantitative estimate of drug-likeness (QED) is 0.785. The predicted octanol–water partition coefficient (Wildman–Crippen LogP) is 2.29. The SMILES string of the molecule is CNc1cccc2cc(OC)cnc12. The molecular formula is C11H12N2O. The van der Waals surface area contributed by atoms with Crippen LogP contribution < -0.4 is 10.1 Å². The van der Waals surface area contributed by atoms with Gasteiger partial charge in [0, 0.05) is 12.4 Å². The Morgan fingerprint density at radius 3 is 2.93 bits per heavy atom. The van der Waals surface area contributed by atoms with Crippen LogP contribution in [0.4, 0.5) is 5.69 Å². The fourth-order valence-electron chi connectivity index (χ4n) is 1.45. The lowest BCUT2D eigenvalue weighted by atomic mass is 10.2. The van der Waals surface area contributed by atoms with Gasteiger partial charge in [0.2, 0.25) is 0 Å². The van der Waals surface area contributed by atoms with E-state index in [-0.39, 0.29) is 0 Å². The van der Waals surface area contributed by atoms with Crippen LogP contribution in [0.3, 0.4) is 0 Å². The standard InChI is InChI=1S/C11H12N2O/c1-12-10-5-3-4-8-6-9(14-2)7-13-11(8)10/h3-7,12H,1-2H3. The average Bonchev–Trinajstić information content (AvgIpc) is 2.27. The Labute approximate surface area is 82.7 Å². The molecule has 0 bridgehead atoms. The second kappa shape index (κ2) is 3.54. The van der Waals surface area contributed by atoms with E-state index in [1.165, 1.54) is 0 Å². The maximum atomic E-state index is 5.11. The lowest BCUT2D eigenvalue weighted by molar-refractivity contribution is 0.414. The summed E-state index contributed by atoms with van der Waals surface area (Å²) in [6, 6.07) is 7.99. The molecule has 14 heavy (non-hydrogen) atoms. The second-order valence-corrected chi connectivity index (χ2v) is 3.00. The van der Waals surface area contributed by atoms with Crippen LogP contribution in [0.25, 0.3) is 10.9 Å². The van der Waals surface area contributed by atoms with Gasteiger partial charge in [0.15, 0.2) is 0 Å². The van der Waals surface area contributed by atoms with Crippen LogP contribution in [0.2, 0.25) is 0 Å². The fourth-order valence-corrected chi connectivity index (χ4v) is 1.45. The summed E-state index contributed by atoms with van der Waals surface area (Å²) < 4.78 is 5.11. The number of benzene rings is 1. The summed E-state index contributed by atoms with van der Waals surface area (Å²) in [4.78, 5) is 4.34. The first-order valence-corrected chi connectivity index (χ1v) is 4.45. The maximum Gasteiger partial charge on any atom is 0.137 e. The van der Waals surface area contributed by atoms with Gasteiger partial charge < -0.3 is 10.1 Å². The van der Waals surface area contributed by atoms with Gasteiger partial charge in [0.05, 0.1) is 24.5 Å². The van der Waals surface area contributed by atoms with E-state index in [9.17, 15) is 0 Å². The summed E-state index contributed by atoms with van der Waals surface area (Å²) in [5, 5.41) is 4.18. The molecule has 0 unspecified atom stereocenters.